The predicted molar refractivity (Wildman–Crippen MR) is 53.5 cm³/mol. The van der Waals surface area contributed by atoms with E-state index in [-0.39, 0.29) is 5.60 Å². The highest BCUT2D eigenvalue weighted by atomic mass is 16.5. The summed E-state index contributed by atoms with van der Waals surface area (Å²) in [6.07, 6.45) is 2.28. The molecule has 0 aliphatic heterocycles. The average molecular weight is 173 g/mol. The highest BCUT2D eigenvalue weighted by Crippen LogP contribution is 2.16. The van der Waals surface area contributed by atoms with Gasteiger partial charge in [0.1, 0.15) is 0 Å². The van der Waals surface area contributed by atoms with Crippen LogP contribution < -0.4 is 5.32 Å². The van der Waals surface area contributed by atoms with Crippen LogP contribution in [0, 0.1) is 0 Å². The molecule has 2 nitrogen and oxygen atoms in total. The minimum atomic E-state index is 0.0314. The molecular weight excluding hydrogens is 150 g/mol. The third kappa shape index (κ3) is 5.56. The summed E-state index contributed by atoms with van der Waals surface area (Å²) in [5.41, 5.74) is 0.0314. The largest absolute Gasteiger partial charge is 0.379 e. The van der Waals surface area contributed by atoms with Crippen LogP contribution in [0.15, 0.2) is 0 Å². The Bertz CT molecular complexity index is 112. The molecule has 0 aliphatic rings. The fourth-order valence-electron chi connectivity index (χ4n) is 1.12. The second kappa shape index (κ2) is 5.55. The number of nitrogens with one attached hydrogen (secondary N) is 1. The topological polar surface area (TPSA) is 21.3 Å². The standard InChI is InChI=1S/C10H23NO/c1-6-11-9(2)7-8-10(3,4)12-5/h9,11H,6-8H2,1-5H3. The zero-order valence-electron chi connectivity index (χ0n) is 9.11. The minimum absolute atomic E-state index is 0.0314. The molecule has 0 aliphatic carbocycles. The van der Waals surface area contributed by atoms with Gasteiger partial charge in [0.05, 0.1) is 5.60 Å². The Balaban J connectivity index is 3.52. The van der Waals surface area contributed by atoms with Crippen molar-refractivity contribution < 1.29 is 4.74 Å². The second-order valence-corrected chi connectivity index (χ2v) is 3.96. The zero-order chi connectivity index (χ0) is 9.61. The summed E-state index contributed by atoms with van der Waals surface area (Å²) in [7, 11) is 1.78. The Hall–Kier alpha value is -0.0800. The Morgan fingerprint density at radius 2 is 2.00 bits per heavy atom. The minimum Gasteiger partial charge on any atom is -0.379 e. The molecule has 0 saturated heterocycles. The number of rotatable bonds is 6. The van der Waals surface area contributed by atoms with Crippen molar-refractivity contribution in [1.29, 1.82) is 0 Å². The SMILES string of the molecule is CCNC(C)CCC(C)(C)OC. The molecule has 0 aromatic carbocycles. The van der Waals surface area contributed by atoms with Crippen LogP contribution in [-0.4, -0.2) is 25.3 Å². The molecule has 2 heteroatoms. The average Bonchev–Trinajstić information content (AvgIpc) is 2.02. The van der Waals surface area contributed by atoms with Crippen LogP contribution in [0.25, 0.3) is 0 Å². The lowest BCUT2D eigenvalue weighted by Crippen LogP contribution is -2.30. The molecule has 0 bridgehead atoms. The van der Waals surface area contributed by atoms with E-state index < -0.39 is 0 Å². The van der Waals surface area contributed by atoms with Crippen LogP contribution in [0.3, 0.4) is 0 Å². The van der Waals surface area contributed by atoms with Crippen LogP contribution in [0.4, 0.5) is 0 Å². The summed E-state index contributed by atoms with van der Waals surface area (Å²) in [5, 5.41) is 3.39. The molecule has 1 unspecified atom stereocenters. The normalized spacial score (nSPS) is 14.8. The molecule has 12 heavy (non-hydrogen) atoms. The fourth-order valence-corrected chi connectivity index (χ4v) is 1.12. The molecule has 0 radical (unpaired) electrons. The van der Waals surface area contributed by atoms with Crippen LogP contribution >= 0.6 is 0 Å². The molecular formula is C10H23NO. The summed E-state index contributed by atoms with van der Waals surface area (Å²) in [6.45, 7) is 9.67. The first-order valence-electron chi connectivity index (χ1n) is 4.80. The van der Waals surface area contributed by atoms with Crippen molar-refractivity contribution in [2.24, 2.45) is 0 Å². The monoisotopic (exact) mass is 173 g/mol. The van der Waals surface area contributed by atoms with Crippen molar-refractivity contribution >= 4 is 0 Å². The van der Waals surface area contributed by atoms with Gasteiger partial charge in [-0.3, -0.25) is 0 Å². The Morgan fingerprint density at radius 3 is 2.42 bits per heavy atom. The zero-order valence-corrected chi connectivity index (χ0v) is 9.11. The molecule has 0 saturated carbocycles. The van der Waals surface area contributed by atoms with Gasteiger partial charge in [-0.2, -0.15) is 0 Å². The maximum Gasteiger partial charge on any atom is 0.0623 e. The van der Waals surface area contributed by atoms with Crippen molar-refractivity contribution in [2.45, 2.75) is 52.2 Å². The summed E-state index contributed by atoms with van der Waals surface area (Å²) in [5.74, 6) is 0. The van der Waals surface area contributed by atoms with E-state index in [4.69, 9.17) is 4.74 Å². The van der Waals surface area contributed by atoms with E-state index in [1.54, 1.807) is 7.11 Å². The van der Waals surface area contributed by atoms with Crippen LogP contribution in [0.5, 0.6) is 0 Å². The van der Waals surface area contributed by atoms with Gasteiger partial charge >= 0.3 is 0 Å². The van der Waals surface area contributed by atoms with E-state index in [0.717, 1.165) is 13.0 Å². The first-order chi connectivity index (χ1) is 5.52. The molecule has 0 aromatic rings. The lowest BCUT2D eigenvalue weighted by atomic mass is 9.99. The van der Waals surface area contributed by atoms with E-state index in [9.17, 15) is 0 Å². The van der Waals surface area contributed by atoms with Gasteiger partial charge in [-0.05, 0) is 40.2 Å². The second-order valence-electron chi connectivity index (χ2n) is 3.96. The van der Waals surface area contributed by atoms with Gasteiger partial charge in [-0.15, -0.1) is 0 Å². The van der Waals surface area contributed by atoms with Gasteiger partial charge < -0.3 is 10.1 Å². The van der Waals surface area contributed by atoms with Gasteiger partial charge in [0.2, 0.25) is 0 Å². The first-order valence-corrected chi connectivity index (χ1v) is 4.80. The Morgan fingerprint density at radius 1 is 1.42 bits per heavy atom. The summed E-state index contributed by atoms with van der Waals surface area (Å²) >= 11 is 0. The van der Waals surface area contributed by atoms with E-state index in [0.29, 0.717) is 6.04 Å². The summed E-state index contributed by atoms with van der Waals surface area (Å²) < 4.78 is 5.34. The van der Waals surface area contributed by atoms with Crippen LogP contribution in [0.2, 0.25) is 0 Å². The third-order valence-corrected chi connectivity index (χ3v) is 2.28. The summed E-state index contributed by atoms with van der Waals surface area (Å²) in [4.78, 5) is 0. The highest BCUT2D eigenvalue weighted by Gasteiger charge is 2.16. The van der Waals surface area contributed by atoms with Gasteiger partial charge in [0.25, 0.3) is 0 Å². The molecule has 0 rings (SSSR count). The lowest BCUT2D eigenvalue weighted by Gasteiger charge is -2.24. The summed E-state index contributed by atoms with van der Waals surface area (Å²) in [6, 6.07) is 0.601. The third-order valence-electron chi connectivity index (χ3n) is 2.28. The maximum absolute atomic E-state index is 5.34. The molecule has 74 valence electrons. The van der Waals surface area contributed by atoms with Crippen LogP contribution in [0.1, 0.15) is 40.5 Å². The number of methoxy groups -OCH3 is 1. The number of ether oxygens (including phenoxy) is 1. The van der Waals surface area contributed by atoms with Crippen LogP contribution in [-0.2, 0) is 4.74 Å². The van der Waals surface area contributed by atoms with Crippen molar-refractivity contribution in [3.63, 3.8) is 0 Å². The molecule has 1 N–H and O–H groups in total. The van der Waals surface area contributed by atoms with Gasteiger partial charge in [-0.1, -0.05) is 6.92 Å². The van der Waals surface area contributed by atoms with Crippen molar-refractivity contribution in [2.75, 3.05) is 13.7 Å². The Labute approximate surface area is 76.7 Å². The molecule has 0 fully saturated rings. The van der Waals surface area contributed by atoms with Crippen molar-refractivity contribution in [3.05, 3.63) is 0 Å². The maximum atomic E-state index is 5.34. The van der Waals surface area contributed by atoms with E-state index in [1.165, 1.54) is 6.42 Å². The highest BCUT2D eigenvalue weighted by molar-refractivity contribution is 4.71. The molecule has 0 spiro atoms. The first kappa shape index (κ1) is 11.9. The van der Waals surface area contributed by atoms with Crippen molar-refractivity contribution in [1.82, 2.24) is 5.32 Å². The molecule has 0 amide bonds. The van der Waals surface area contributed by atoms with E-state index in [2.05, 4.69) is 33.0 Å². The quantitative estimate of drug-likeness (QED) is 0.665. The molecule has 1 atom stereocenters. The molecule has 0 aromatic heterocycles. The van der Waals surface area contributed by atoms with E-state index >= 15 is 0 Å². The lowest BCUT2D eigenvalue weighted by molar-refractivity contribution is 0.0121. The fraction of sp³-hybridized carbons (Fsp3) is 1.00. The number of hydrogen-bond donors (Lipinski definition) is 1. The Kier molecular flexibility index (Phi) is 5.51. The van der Waals surface area contributed by atoms with Gasteiger partial charge in [0, 0.05) is 13.2 Å². The molecule has 0 heterocycles. The number of hydrogen-bond acceptors (Lipinski definition) is 2. The van der Waals surface area contributed by atoms with Gasteiger partial charge in [0.15, 0.2) is 0 Å². The van der Waals surface area contributed by atoms with Crippen molar-refractivity contribution in [3.8, 4) is 0 Å². The predicted octanol–water partition coefficient (Wildman–Crippen LogP) is 2.19. The van der Waals surface area contributed by atoms with E-state index in [1.807, 2.05) is 0 Å². The van der Waals surface area contributed by atoms with Gasteiger partial charge in [-0.25, -0.2) is 0 Å². The smallest absolute Gasteiger partial charge is 0.0623 e.